The van der Waals surface area contributed by atoms with E-state index in [1.807, 2.05) is 0 Å². The number of nitrogens with zero attached hydrogens (tertiary/aromatic N) is 2. The lowest BCUT2D eigenvalue weighted by Crippen LogP contribution is -2.43. The summed E-state index contributed by atoms with van der Waals surface area (Å²) in [6.07, 6.45) is -1.29. The molecular weight excluding hydrogens is 309 g/mol. The van der Waals surface area contributed by atoms with Crippen molar-refractivity contribution in [3.63, 3.8) is 0 Å². The quantitative estimate of drug-likeness (QED) is 0.910. The van der Waals surface area contributed by atoms with Gasteiger partial charge in [-0.2, -0.15) is 13.2 Å². The Hall–Kier alpha value is -1.21. The lowest BCUT2D eigenvalue weighted by Gasteiger charge is -2.36. The minimum Gasteiger partial charge on any atom is -0.503 e. The Morgan fingerprint density at radius 3 is 2.38 bits per heavy atom. The van der Waals surface area contributed by atoms with Gasteiger partial charge in [0.2, 0.25) is 5.43 Å². The summed E-state index contributed by atoms with van der Waals surface area (Å²) in [4.78, 5) is 12.9. The van der Waals surface area contributed by atoms with E-state index in [9.17, 15) is 23.1 Å². The molecule has 0 aliphatic carbocycles. The summed E-state index contributed by atoms with van der Waals surface area (Å²) in [5, 5.41) is 9.57. The number of hydrogen-bond donors (Lipinski definition) is 1. The Labute approximate surface area is 124 Å². The maximum Gasteiger partial charge on any atom is 0.409 e. The molecule has 1 aromatic rings. The van der Waals surface area contributed by atoms with Crippen LogP contribution in [0.25, 0.3) is 0 Å². The molecule has 1 N–H and O–H groups in total. The molecule has 0 aromatic carbocycles. The van der Waals surface area contributed by atoms with E-state index < -0.39 is 29.1 Å². The number of hydrogen-bond acceptors (Lipinski definition) is 3. The zero-order valence-corrected chi connectivity index (χ0v) is 12.2. The SMILES string of the molecule is Cn1cc(Cl)c(=O)c(O)c1C(N1CCCCC1)C(F)(F)F. The van der Waals surface area contributed by atoms with Crippen LogP contribution in [-0.2, 0) is 7.05 Å². The highest BCUT2D eigenvalue weighted by atomic mass is 35.5. The summed E-state index contributed by atoms with van der Waals surface area (Å²) in [7, 11) is 1.34. The number of rotatable bonds is 2. The number of alkyl halides is 3. The molecule has 1 aliphatic rings. The van der Waals surface area contributed by atoms with Crippen LogP contribution in [0.2, 0.25) is 5.02 Å². The van der Waals surface area contributed by atoms with Gasteiger partial charge in [-0.3, -0.25) is 9.69 Å². The molecule has 21 heavy (non-hydrogen) atoms. The van der Waals surface area contributed by atoms with Crippen LogP contribution in [0.1, 0.15) is 31.0 Å². The molecule has 8 heteroatoms. The maximum atomic E-state index is 13.5. The van der Waals surface area contributed by atoms with Crippen molar-refractivity contribution in [1.82, 2.24) is 9.47 Å². The minimum atomic E-state index is -4.59. The number of halogens is 4. The third kappa shape index (κ3) is 3.18. The van der Waals surface area contributed by atoms with Crippen LogP contribution < -0.4 is 5.43 Å². The summed E-state index contributed by atoms with van der Waals surface area (Å²) < 4.78 is 41.5. The van der Waals surface area contributed by atoms with Crippen molar-refractivity contribution in [2.45, 2.75) is 31.5 Å². The van der Waals surface area contributed by atoms with Gasteiger partial charge < -0.3 is 9.67 Å². The van der Waals surface area contributed by atoms with Gasteiger partial charge in [0.15, 0.2) is 11.8 Å². The molecule has 0 bridgehead atoms. The van der Waals surface area contributed by atoms with Gasteiger partial charge in [0.05, 0.1) is 5.69 Å². The second-order valence-corrected chi connectivity index (χ2v) is 5.60. The number of aromatic nitrogens is 1. The molecule has 1 unspecified atom stereocenters. The van der Waals surface area contributed by atoms with Crippen LogP contribution in [-0.4, -0.2) is 33.8 Å². The molecule has 0 amide bonds. The summed E-state index contributed by atoms with van der Waals surface area (Å²) in [5.74, 6) is -0.933. The zero-order chi connectivity index (χ0) is 15.8. The molecule has 0 radical (unpaired) electrons. The first kappa shape index (κ1) is 16.2. The van der Waals surface area contributed by atoms with E-state index in [0.29, 0.717) is 12.8 Å². The first-order valence-corrected chi connectivity index (χ1v) is 7.00. The number of likely N-dealkylation sites (tertiary alicyclic amines) is 1. The van der Waals surface area contributed by atoms with Crippen LogP contribution in [0.15, 0.2) is 11.0 Å². The van der Waals surface area contributed by atoms with Crippen LogP contribution in [0.5, 0.6) is 5.75 Å². The van der Waals surface area contributed by atoms with Crippen LogP contribution >= 0.6 is 11.6 Å². The van der Waals surface area contributed by atoms with Gasteiger partial charge in [0, 0.05) is 13.2 Å². The fourth-order valence-electron chi connectivity index (χ4n) is 2.73. The fraction of sp³-hybridized carbons (Fsp3) is 0.615. The lowest BCUT2D eigenvalue weighted by molar-refractivity contribution is -0.190. The third-order valence-electron chi connectivity index (χ3n) is 3.69. The molecule has 1 aliphatic heterocycles. The van der Waals surface area contributed by atoms with E-state index in [0.717, 1.165) is 17.2 Å². The highest BCUT2D eigenvalue weighted by Crippen LogP contribution is 2.41. The van der Waals surface area contributed by atoms with Crippen LogP contribution in [0.3, 0.4) is 0 Å². The van der Waals surface area contributed by atoms with Gasteiger partial charge in [-0.25, -0.2) is 0 Å². The van der Waals surface area contributed by atoms with Crippen molar-refractivity contribution < 1.29 is 18.3 Å². The van der Waals surface area contributed by atoms with Gasteiger partial charge in [0.25, 0.3) is 0 Å². The zero-order valence-electron chi connectivity index (χ0n) is 11.5. The molecule has 1 fully saturated rings. The average Bonchev–Trinajstić information content (AvgIpc) is 2.40. The molecule has 2 heterocycles. The monoisotopic (exact) mass is 324 g/mol. The topological polar surface area (TPSA) is 45.5 Å². The number of pyridine rings is 1. The first-order valence-electron chi connectivity index (χ1n) is 6.62. The van der Waals surface area contributed by atoms with Gasteiger partial charge in [0.1, 0.15) is 5.02 Å². The highest BCUT2D eigenvalue weighted by molar-refractivity contribution is 6.30. The van der Waals surface area contributed by atoms with Crippen molar-refractivity contribution in [3.05, 3.63) is 27.1 Å². The van der Waals surface area contributed by atoms with Crippen molar-refractivity contribution in [2.24, 2.45) is 7.05 Å². The maximum absolute atomic E-state index is 13.5. The normalized spacial score (nSPS) is 18.7. The van der Waals surface area contributed by atoms with E-state index in [1.165, 1.54) is 11.9 Å². The van der Waals surface area contributed by atoms with E-state index in [1.54, 1.807) is 0 Å². The third-order valence-corrected chi connectivity index (χ3v) is 3.96. The van der Waals surface area contributed by atoms with E-state index >= 15 is 0 Å². The van der Waals surface area contributed by atoms with Crippen molar-refractivity contribution in [1.29, 1.82) is 0 Å². The standard InChI is InChI=1S/C13H16ClF3N2O2/c1-18-7-8(14)10(20)11(21)9(18)12(13(15,16)17)19-5-3-2-4-6-19/h7,12,21H,2-6H2,1H3. The molecule has 0 saturated carbocycles. The molecule has 0 spiro atoms. The number of aryl methyl sites for hydroxylation is 1. The second kappa shape index (κ2) is 5.88. The van der Waals surface area contributed by atoms with E-state index in [2.05, 4.69) is 0 Å². The Morgan fingerprint density at radius 1 is 1.29 bits per heavy atom. The Morgan fingerprint density at radius 2 is 1.86 bits per heavy atom. The minimum absolute atomic E-state index is 0.278. The lowest BCUT2D eigenvalue weighted by atomic mass is 10.0. The summed E-state index contributed by atoms with van der Waals surface area (Å²) in [5.41, 5.74) is -1.44. The second-order valence-electron chi connectivity index (χ2n) is 5.19. The van der Waals surface area contributed by atoms with Gasteiger partial charge in [-0.1, -0.05) is 18.0 Å². The Kier molecular flexibility index (Phi) is 4.53. The predicted octanol–water partition coefficient (Wildman–Crippen LogP) is 2.83. The Bertz CT molecular complexity index is 580. The molecular formula is C13H16ClF3N2O2. The molecule has 2 rings (SSSR count). The smallest absolute Gasteiger partial charge is 0.409 e. The molecule has 1 saturated heterocycles. The van der Waals surface area contributed by atoms with Gasteiger partial charge in [-0.15, -0.1) is 0 Å². The number of piperidine rings is 1. The van der Waals surface area contributed by atoms with Crippen LogP contribution in [0.4, 0.5) is 13.2 Å². The molecule has 1 atom stereocenters. The molecule has 1 aromatic heterocycles. The average molecular weight is 325 g/mol. The number of aromatic hydroxyl groups is 1. The summed E-state index contributed by atoms with van der Waals surface area (Å²) >= 11 is 5.61. The van der Waals surface area contributed by atoms with Crippen molar-refractivity contribution in [2.75, 3.05) is 13.1 Å². The Balaban J connectivity index is 2.57. The van der Waals surface area contributed by atoms with E-state index in [-0.39, 0.29) is 18.1 Å². The molecule has 4 nitrogen and oxygen atoms in total. The largest absolute Gasteiger partial charge is 0.503 e. The highest BCUT2D eigenvalue weighted by Gasteiger charge is 2.47. The molecule has 118 valence electrons. The summed E-state index contributed by atoms with van der Waals surface area (Å²) in [6.45, 7) is 0.556. The predicted molar refractivity (Wildman–Crippen MR) is 72.6 cm³/mol. The van der Waals surface area contributed by atoms with Crippen LogP contribution in [0, 0.1) is 0 Å². The van der Waals surface area contributed by atoms with Gasteiger partial charge in [-0.05, 0) is 25.9 Å². The fourth-order valence-corrected chi connectivity index (χ4v) is 2.96. The van der Waals surface area contributed by atoms with Gasteiger partial charge >= 0.3 is 6.18 Å². The first-order chi connectivity index (χ1) is 9.73. The van der Waals surface area contributed by atoms with E-state index in [4.69, 9.17) is 11.6 Å². The summed E-state index contributed by atoms with van der Waals surface area (Å²) in [6, 6.07) is -2.01. The van der Waals surface area contributed by atoms with Crippen molar-refractivity contribution in [3.8, 4) is 5.75 Å². The van der Waals surface area contributed by atoms with Crippen molar-refractivity contribution >= 4 is 11.6 Å².